The van der Waals surface area contributed by atoms with E-state index in [9.17, 15) is 9.50 Å². The number of β-amino-alcohol motifs (C(OH)–C–C–N with tert-alkyl or cyclic N) is 1. The molecule has 2 heterocycles. The molecule has 1 aliphatic rings. The molecule has 0 spiro atoms. The molecule has 1 aromatic heterocycles. The molecule has 0 bridgehead atoms. The highest BCUT2D eigenvalue weighted by Gasteiger charge is 2.23. The third-order valence-electron chi connectivity index (χ3n) is 4.60. The van der Waals surface area contributed by atoms with E-state index in [0.717, 1.165) is 36.4 Å². The monoisotopic (exact) mass is 325 g/mol. The number of fused-ring (bicyclic) bond motifs is 1. The standard InChI is InChI=1S/C19H20FN3O/c20-16-8-2-1-6-14(16)12-23-18-10-4-3-9-17(18)21-19(23)22-11-5-7-15(24)13-22/h1-4,6,8-10,15,24H,5,7,11-13H2/t15-/m1/s1. The van der Waals surface area contributed by atoms with E-state index in [1.807, 2.05) is 34.9 Å². The van der Waals surface area contributed by atoms with Gasteiger partial charge in [-0.25, -0.2) is 9.37 Å². The molecule has 0 radical (unpaired) electrons. The molecular weight excluding hydrogens is 305 g/mol. The van der Waals surface area contributed by atoms with Gasteiger partial charge in [-0.05, 0) is 31.0 Å². The average molecular weight is 325 g/mol. The molecule has 1 atom stereocenters. The molecule has 1 fully saturated rings. The van der Waals surface area contributed by atoms with Gasteiger partial charge in [-0.1, -0.05) is 30.3 Å². The lowest BCUT2D eigenvalue weighted by Crippen LogP contribution is -2.39. The van der Waals surface area contributed by atoms with Crippen molar-refractivity contribution in [2.24, 2.45) is 0 Å². The number of halogens is 1. The Kier molecular flexibility index (Phi) is 3.94. The number of hydrogen-bond acceptors (Lipinski definition) is 3. The lowest BCUT2D eigenvalue weighted by atomic mass is 10.1. The molecule has 124 valence electrons. The molecule has 1 saturated heterocycles. The fourth-order valence-corrected chi connectivity index (χ4v) is 3.39. The largest absolute Gasteiger partial charge is 0.391 e. The number of benzene rings is 2. The van der Waals surface area contributed by atoms with Crippen LogP contribution in [-0.2, 0) is 6.54 Å². The quantitative estimate of drug-likeness (QED) is 0.804. The second kappa shape index (κ2) is 6.24. The Labute approximate surface area is 140 Å². The van der Waals surface area contributed by atoms with Gasteiger partial charge in [-0.2, -0.15) is 0 Å². The lowest BCUT2D eigenvalue weighted by Gasteiger charge is -2.31. The summed E-state index contributed by atoms with van der Waals surface area (Å²) in [7, 11) is 0. The average Bonchev–Trinajstić information content (AvgIpc) is 2.96. The summed E-state index contributed by atoms with van der Waals surface area (Å²) in [5.41, 5.74) is 2.51. The van der Waals surface area contributed by atoms with Crippen LogP contribution in [0.5, 0.6) is 0 Å². The van der Waals surface area contributed by atoms with Crippen molar-refractivity contribution in [2.75, 3.05) is 18.0 Å². The molecule has 0 unspecified atom stereocenters. The van der Waals surface area contributed by atoms with Crippen LogP contribution < -0.4 is 4.90 Å². The Hall–Kier alpha value is -2.40. The van der Waals surface area contributed by atoms with Gasteiger partial charge < -0.3 is 14.6 Å². The van der Waals surface area contributed by atoms with Gasteiger partial charge in [-0.15, -0.1) is 0 Å². The minimum atomic E-state index is -0.333. The van der Waals surface area contributed by atoms with Crippen LogP contribution >= 0.6 is 0 Å². The van der Waals surface area contributed by atoms with E-state index in [0.29, 0.717) is 18.7 Å². The zero-order chi connectivity index (χ0) is 16.5. The molecule has 0 saturated carbocycles. The molecule has 24 heavy (non-hydrogen) atoms. The van der Waals surface area contributed by atoms with E-state index in [-0.39, 0.29) is 11.9 Å². The van der Waals surface area contributed by atoms with Gasteiger partial charge in [0.1, 0.15) is 5.82 Å². The second-order valence-corrected chi connectivity index (χ2v) is 6.32. The maximum atomic E-state index is 14.1. The van der Waals surface area contributed by atoms with E-state index >= 15 is 0 Å². The minimum Gasteiger partial charge on any atom is -0.391 e. The molecule has 0 aliphatic carbocycles. The number of hydrogen-bond donors (Lipinski definition) is 1. The number of piperidine rings is 1. The predicted octanol–water partition coefficient (Wildman–Crippen LogP) is 3.18. The topological polar surface area (TPSA) is 41.3 Å². The summed E-state index contributed by atoms with van der Waals surface area (Å²) in [6.45, 7) is 1.85. The molecule has 4 rings (SSSR count). The van der Waals surface area contributed by atoms with Crippen LogP contribution in [0.4, 0.5) is 10.3 Å². The normalized spacial score (nSPS) is 18.2. The SMILES string of the molecule is O[C@@H]1CCCN(c2nc3ccccc3n2Cc2ccccc2F)C1. The summed E-state index contributed by atoms with van der Waals surface area (Å²) >= 11 is 0. The van der Waals surface area contributed by atoms with Crippen LogP contribution in [0, 0.1) is 5.82 Å². The van der Waals surface area contributed by atoms with Crippen molar-refractivity contribution < 1.29 is 9.50 Å². The second-order valence-electron chi connectivity index (χ2n) is 6.32. The van der Waals surface area contributed by atoms with E-state index in [4.69, 9.17) is 4.98 Å². The van der Waals surface area contributed by atoms with E-state index in [2.05, 4.69) is 4.90 Å². The van der Waals surface area contributed by atoms with Crippen LogP contribution in [0.3, 0.4) is 0 Å². The number of aliphatic hydroxyl groups excluding tert-OH is 1. The third-order valence-corrected chi connectivity index (χ3v) is 4.60. The number of nitrogens with zero attached hydrogens (tertiary/aromatic N) is 3. The van der Waals surface area contributed by atoms with Crippen molar-refractivity contribution in [3.8, 4) is 0 Å². The Balaban J connectivity index is 1.80. The first-order valence-electron chi connectivity index (χ1n) is 8.34. The van der Waals surface area contributed by atoms with Crippen molar-refractivity contribution in [2.45, 2.75) is 25.5 Å². The number of rotatable bonds is 3. The van der Waals surface area contributed by atoms with Crippen molar-refractivity contribution in [3.63, 3.8) is 0 Å². The van der Waals surface area contributed by atoms with E-state index < -0.39 is 0 Å². The fourth-order valence-electron chi connectivity index (χ4n) is 3.39. The third kappa shape index (κ3) is 2.76. The van der Waals surface area contributed by atoms with Crippen molar-refractivity contribution in [3.05, 3.63) is 59.9 Å². The molecule has 1 aliphatic heterocycles. The van der Waals surface area contributed by atoms with Crippen LogP contribution in [-0.4, -0.2) is 33.9 Å². The highest BCUT2D eigenvalue weighted by atomic mass is 19.1. The summed E-state index contributed by atoms with van der Waals surface area (Å²) < 4.78 is 16.2. The molecule has 3 aromatic rings. The first-order valence-corrected chi connectivity index (χ1v) is 8.34. The first-order chi connectivity index (χ1) is 11.7. The number of aliphatic hydroxyl groups is 1. The molecule has 4 nitrogen and oxygen atoms in total. The number of anilines is 1. The van der Waals surface area contributed by atoms with E-state index in [1.165, 1.54) is 6.07 Å². The van der Waals surface area contributed by atoms with Crippen LogP contribution in [0.15, 0.2) is 48.5 Å². The molecule has 1 N–H and O–H groups in total. The lowest BCUT2D eigenvalue weighted by molar-refractivity contribution is 0.153. The summed E-state index contributed by atoms with van der Waals surface area (Å²) in [6.07, 6.45) is 1.43. The molecular formula is C19H20FN3O. The molecule has 5 heteroatoms. The molecule has 0 amide bonds. The van der Waals surface area contributed by atoms with Crippen LogP contribution in [0.25, 0.3) is 11.0 Å². The van der Waals surface area contributed by atoms with E-state index in [1.54, 1.807) is 12.1 Å². The highest BCUT2D eigenvalue weighted by Crippen LogP contribution is 2.26. The maximum absolute atomic E-state index is 14.1. The van der Waals surface area contributed by atoms with Gasteiger partial charge in [0.05, 0.1) is 23.7 Å². The van der Waals surface area contributed by atoms with Crippen molar-refractivity contribution >= 4 is 17.0 Å². The predicted molar refractivity (Wildman–Crippen MR) is 92.7 cm³/mol. The zero-order valence-corrected chi connectivity index (χ0v) is 13.4. The van der Waals surface area contributed by atoms with Gasteiger partial charge in [0.15, 0.2) is 0 Å². The van der Waals surface area contributed by atoms with Crippen molar-refractivity contribution in [1.82, 2.24) is 9.55 Å². The summed E-state index contributed by atoms with van der Waals surface area (Å²) in [5, 5.41) is 10.0. The first kappa shape index (κ1) is 15.1. The number of aromatic nitrogens is 2. The maximum Gasteiger partial charge on any atom is 0.206 e. The summed E-state index contributed by atoms with van der Waals surface area (Å²) in [4.78, 5) is 6.86. The minimum absolute atomic E-state index is 0.208. The Morgan fingerprint density at radius 2 is 1.92 bits per heavy atom. The smallest absolute Gasteiger partial charge is 0.206 e. The Bertz CT molecular complexity index is 861. The van der Waals surface area contributed by atoms with Gasteiger partial charge in [0.2, 0.25) is 5.95 Å². The van der Waals surface area contributed by atoms with Gasteiger partial charge in [0.25, 0.3) is 0 Å². The Morgan fingerprint density at radius 1 is 1.12 bits per heavy atom. The molecule has 2 aromatic carbocycles. The van der Waals surface area contributed by atoms with Gasteiger partial charge in [0, 0.05) is 18.7 Å². The van der Waals surface area contributed by atoms with Crippen LogP contribution in [0.2, 0.25) is 0 Å². The highest BCUT2D eigenvalue weighted by molar-refractivity contribution is 5.79. The summed E-state index contributed by atoms with van der Waals surface area (Å²) in [6, 6.07) is 14.7. The number of imidazole rings is 1. The van der Waals surface area contributed by atoms with Gasteiger partial charge in [-0.3, -0.25) is 0 Å². The number of para-hydroxylation sites is 2. The van der Waals surface area contributed by atoms with Gasteiger partial charge >= 0.3 is 0 Å². The Morgan fingerprint density at radius 3 is 2.75 bits per heavy atom. The zero-order valence-electron chi connectivity index (χ0n) is 13.4. The van der Waals surface area contributed by atoms with Crippen molar-refractivity contribution in [1.29, 1.82) is 0 Å². The summed E-state index contributed by atoms with van der Waals surface area (Å²) in [5.74, 6) is 0.595. The van der Waals surface area contributed by atoms with Crippen LogP contribution in [0.1, 0.15) is 18.4 Å². The fraction of sp³-hybridized carbons (Fsp3) is 0.316.